The van der Waals surface area contributed by atoms with E-state index in [0.29, 0.717) is 5.69 Å². The van der Waals surface area contributed by atoms with Crippen molar-refractivity contribution < 1.29 is 14.3 Å². The van der Waals surface area contributed by atoms with E-state index >= 15 is 0 Å². The normalized spacial score (nSPS) is 10.9. The molecular formula is C13H20N4O4. The smallest absolute Gasteiger partial charge is 0.321 e. The molecule has 21 heavy (non-hydrogen) atoms. The van der Waals surface area contributed by atoms with Gasteiger partial charge in [-0.2, -0.15) is 0 Å². The molecule has 1 heterocycles. The van der Waals surface area contributed by atoms with Gasteiger partial charge in [0.2, 0.25) is 5.95 Å². The predicted molar refractivity (Wildman–Crippen MR) is 77.0 cm³/mol. The molecule has 0 radical (unpaired) electrons. The molecule has 1 rings (SSSR count). The van der Waals surface area contributed by atoms with E-state index in [1.165, 1.54) is 6.07 Å². The third-order valence-electron chi connectivity index (χ3n) is 2.33. The van der Waals surface area contributed by atoms with Crippen LogP contribution in [0.25, 0.3) is 0 Å². The molecular weight excluding hydrogens is 276 g/mol. The molecule has 0 aliphatic heterocycles. The molecule has 0 aliphatic rings. The molecule has 0 fully saturated rings. The zero-order chi connectivity index (χ0) is 16.0. The maximum Gasteiger partial charge on any atom is 0.321 e. The molecule has 0 aliphatic carbocycles. The summed E-state index contributed by atoms with van der Waals surface area (Å²) < 4.78 is 4.99. The minimum Gasteiger partial charge on any atom is -0.463 e. The molecule has 1 aromatic rings. The summed E-state index contributed by atoms with van der Waals surface area (Å²) in [4.78, 5) is 40.6. The molecule has 1 aromatic heterocycles. The third-order valence-corrected chi connectivity index (χ3v) is 2.33. The van der Waals surface area contributed by atoms with Crippen molar-refractivity contribution in [3.8, 4) is 0 Å². The molecule has 116 valence electrons. The average Bonchev–Trinajstić information content (AvgIpc) is 2.31. The van der Waals surface area contributed by atoms with Gasteiger partial charge >= 0.3 is 12.0 Å². The number of carbonyl (C=O) groups is 2. The Balaban J connectivity index is 2.35. The van der Waals surface area contributed by atoms with E-state index in [4.69, 9.17) is 4.74 Å². The topological polar surface area (TPSA) is 113 Å². The summed E-state index contributed by atoms with van der Waals surface area (Å²) in [5, 5.41) is 4.87. The number of anilines is 1. The van der Waals surface area contributed by atoms with Crippen LogP contribution in [0.2, 0.25) is 0 Å². The number of carbonyl (C=O) groups excluding carboxylic acids is 2. The second kappa shape index (κ2) is 6.87. The third kappa shape index (κ3) is 6.07. The lowest BCUT2D eigenvalue weighted by Crippen LogP contribution is -2.34. The molecule has 0 bridgehead atoms. The van der Waals surface area contributed by atoms with E-state index < -0.39 is 11.4 Å². The van der Waals surface area contributed by atoms with Crippen molar-refractivity contribution in [2.24, 2.45) is 5.41 Å². The van der Waals surface area contributed by atoms with Crippen LogP contribution in [-0.2, 0) is 9.53 Å². The summed E-state index contributed by atoms with van der Waals surface area (Å²) in [6.45, 7) is 7.11. The quantitative estimate of drug-likeness (QED) is 0.561. The van der Waals surface area contributed by atoms with Crippen molar-refractivity contribution >= 4 is 17.9 Å². The van der Waals surface area contributed by atoms with Crippen molar-refractivity contribution in [2.75, 3.05) is 18.5 Å². The molecule has 8 nitrogen and oxygen atoms in total. The minimum absolute atomic E-state index is 0.0594. The Hall–Kier alpha value is -2.38. The number of urea groups is 1. The van der Waals surface area contributed by atoms with Gasteiger partial charge in [0.05, 0.1) is 12.0 Å². The van der Waals surface area contributed by atoms with Gasteiger partial charge in [-0.3, -0.25) is 19.9 Å². The number of ether oxygens (including phenoxy) is 1. The number of amides is 2. The van der Waals surface area contributed by atoms with E-state index in [-0.39, 0.29) is 30.6 Å². The first kappa shape index (κ1) is 16.7. The SMILES string of the molecule is Cc1cc(=O)[nH]c(NC(=O)NCCOC(=O)C(C)(C)C)n1. The Bertz CT molecular complexity index is 574. The summed E-state index contributed by atoms with van der Waals surface area (Å²) in [5.74, 6) is -0.279. The van der Waals surface area contributed by atoms with Crippen molar-refractivity contribution in [3.63, 3.8) is 0 Å². The fraction of sp³-hybridized carbons (Fsp3) is 0.538. The Kier molecular flexibility index (Phi) is 5.45. The lowest BCUT2D eigenvalue weighted by atomic mass is 9.97. The summed E-state index contributed by atoms with van der Waals surface area (Å²) in [5.41, 5.74) is -0.433. The molecule has 0 spiro atoms. The molecule has 3 N–H and O–H groups in total. The molecule has 2 amide bonds. The average molecular weight is 296 g/mol. The molecule has 0 saturated carbocycles. The highest BCUT2D eigenvalue weighted by atomic mass is 16.5. The Morgan fingerprint density at radius 2 is 2.05 bits per heavy atom. The molecule has 0 unspecified atom stereocenters. The Labute approximate surface area is 122 Å². The van der Waals surface area contributed by atoms with Crippen LogP contribution in [0, 0.1) is 12.3 Å². The predicted octanol–water partition coefficient (Wildman–Crippen LogP) is 0.789. The molecule has 0 saturated heterocycles. The summed E-state index contributed by atoms with van der Waals surface area (Å²) >= 11 is 0. The van der Waals surface area contributed by atoms with Crippen LogP contribution < -0.4 is 16.2 Å². The number of hydrogen-bond donors (Lipinski definition) is 3. The van der Waals surface area contributed by atoms with Gasteiger partial charge in [0.1, 0.15) is 6.61 Å². The van der Waals surface area contributed by atoms with Crippen molar-refractivity contribution in [1.29, 1.82) is 0 Å². The largest absolute Gasteiger partial charge is 0.463 e. The number of nitrogens with zero attached hydrogens (tertiary/aromatic N) is 1. The monoisotopic (exact) mass is 296 g/mol. The second-order valence-corrected chi connectivity index (χ2v) is 5.50. The van der Waals surface area contributed by atoms with E-state index in [9.17, 15) is 14.4 Å². The maximum atomic E-state index is 11.6. The van der Waals surface area contributed by atoms with Crippen LogP contribution in [0.3, 0.4) is 0 Å². The lowest BCUT2D eigenvalue weighted by molar-refractivity contribution is -0.152. The number of esters is 1. The number of rotatable bonds is 4. The Morgan fingerprint density at radius 3 is 2.62 bits per heavy atom. The van der Waals surface area contributed by atoms with Gasteiger partial charge < -0.3 is 10.1 Å². The first-order valence-electron chi connectivity index (χ1n) is 6.48. The highest BCUT2D eigenvalue weighted by molar-refractivity contribution is 5.87. The number of nitrogens with one attached hydrogen (secondary N) is 3. The fourth-order valence-corrected chi connectivity index (χ4v) is 1.31. The first-order chi connectivity index (χ1) is 9.68. The zero-order valence-corrected chi connectivity index (χ0v) is 12.6. The zero-order valence-electron chi connectivity index (χ0n) is 12.6. The van der Waals surface area contributed by atoms with E-state index in [0.717, 1.165) is 0 Å². The van der Waals surface area contributed by atoms with Crippen LogP contribution in [0.4, 0.5) is 10.7 Å². The molecule has 0 aromatic carbocycles. The van der Waals surface area contributed by atoms with Gasteiger partial charge in [0, 0.05) is 11.8 Å². The van der Waals surface area contributed by atoms with Crippen LogP contribution in [0.15, 0.2) is 10.9 Å². The first-order valence-corrected chi connectivity index (χ1v) is 6.48. The van der Waals surface area contributed by atoms with Crippen molar-refractivity contribution in [2.45, 2.75) is 27.7 Å². The summed E-state index contributed by atoms with van der Waals surface area (Å²) in [6, 6.07) is 0.769. The molecule has 8 heteroatoms. The molecule has 0 atom stereocenters. The van der Waals surface area contributed by atoms with Crippen LogP contribution in [0.5, 0.6) is 0 Å². The van der Waals surface area contributed by atoms with Gasteiger partial charge in [-0.05, 0) is 27.7 Å². The minimum atomic E-state index is -0.576. The standard InChI is InChI=1S/C13H20N4O4/c1-8-7-9(18)16-11(15-8)17-12(20)14-5-6-21-10(19)13(2,3)4/h7H,5-6H2,1-4H3,(H3,14,15,16,17,18,20). The Morgan fingerprint density at radius 1 is 1.38 bits per heavy atom. The number of aromatic nitrogens is 2. The maximum absolute atomic E-state index is 11.6. The van der Waals surface area contributed by atoms with Crippen LogP contribution >= 0.6 is 0 Å². The fourth-order valence-electron chi connectivity index (χ4n) is 1.31. The highest BCUT2D eigenvalue weighted by Crippen LogP contribution is 2.14. The van der Waals surface area contributed by atoms with Gasteiger partial charge in [-0.1, -0.05) is 0 Å². The van der Waals surface area contributed by atoms with E-state index in [1.54, 1.807) is 27.7 Å². The lowest BCUT2D eigenvalue weighted by Gasteiger charge is -2.16. The van der Waals surface area contributed by atoms with E-state index in [2.05, 4.69) is 20.6 Å². The number of aryl methyl sites for hydroxylation is 1. The van der Waals surface area contributed by atoms with Crippen LogP contribution in [-0.4, -0.2) is 35.1 Å². The van der Waals surface area contributed by atoms with Gasteiger partial charge in [-0.25, -0.2) is 9.78 Å². The number of hydrogen-bond acceptors (Lipinski definition) is 5. The second-order valence-electron chi connectivity index (χ2n) is 5.50. The van der Waals surface area contributed by atoms with Gasteiger partial charge in [0.15, 0.2) is 0 Å². The van der Waals surface area contributed by atoms with Gasteiger partial charge in [-0.15, -0.1) is 0 Å². The summed E-state index contributed by atoms with van der Waals surface area (Å²) in [6.07, 6.45) is 0. The van der Waals surface area contributed by atoms with E-state index in [1.807, 2.05) is 0 Å². The summed E-state index contributed by atoms with van der Waals surface area (Å²) in [7, 11) is 0. The van der Waals surface area contributed by atoms with Crippen molar-refractivity contribution in [3.05, 3.63) is 22.1 Å². The van der Waals surface area contributed by atoms with Gasteiger partial charge in [0.25, 0.3) is 5.56 Å². The number of H-pyrrole nitrogens is 1. The number of aromatic amines is 1. The van der Waals surface area contributed by atoms with Crippen LogP contribution in [0.1, 0.15) is 26.5 Å². The van der Waals surface area contributed by atoms with Crippen molar-refractivity contribution in [1.82, 2.24) is 15.3 Å². The highest BCUT2D eigenvalue weighted by Gasteiger charge is 2.22.